The summed E-state index contributed by atoms with van der Waals surface area (Å²) < 4.78 is 1.76. The van der Waals surface area contributed by atoms with Crippen LogP contribution >= 0.6 is 11.3 Å². The molecule has 0 aliphatic carbocycles. The van der Waals surface area contributed by atoms with Gasteiger partial charge in [0.1, 0.15) is 12.7 Å². The number of aromatic nitrogens is 3. The summed E-state index contributed by atoms with van der Waals surface area (Å²) in [6.07, 6.45) is 4.17. The van der Waals surface area contributed by atoms with Gasteiger partial charge in [0.05, 0.1) is 6.54 Å². The maximum atomic E-state index is 12.7. The number of nitrogens with zero attached hydrogens (tertiary/aromatic N) is 4. The fourth-order valence-corrected chi connectivity index (χ4v) is 3.75. The van der Waals surface area contributed by atoms with Gasteiger partial charge in [-0.25, -0.2) is 9.67 Å². The van der Waals surface area contributed by atoms with Crippen LogP contribution in [0, 0.1) is 0 Å². The molecule has 4 rings (SSSR count). The van der Waals surface area contributed by atoms with Crippen molar-refractivity contribution < 1.29 is 4.79 Å². The highest BCUT2D eigenvalue weighted by Crippen LogP contribution is 2.25. The van der Waals surface area contributed by atoms with Crippen LogP contribution in [0.25, 0.3) is 0 Å². The Balaban J connectivity index is 1.46. The van der Waals surface area contributed by atoms with E-state index in [0.29, 0.717) is 6.54 Å². The highest BCUT2D eigenvalue weighted by atomic mass is 32.1. The van der Waals surface area contributed by atoms with Gasteiger partial charge in [-0.05, 0) is 41.1 Å². The van der Waals surface area contributed by atoms with E-state index >= 15 is 0 Å². The van der Waals surface area contributed by atoms with Crippen molar-refractivity contribution in [1.82, 2.24) is 19.7 Å². The number of benzene rings is 1. The molecule has 0 unspecified atom stereocenters. The van der Waals surface area contributed by atoms with Gasteiger partial charge in [0.25, 0.3) is 5.91 Å². The zero-order valence-corrected chi connectivity index (χ0v) is 13.4. The maximum absolute atomic E-state index is 12.7. The number of carbonyl (C=O) groups excluding carboxylic acids is 1. The molecule has 0 bridgehead atoms. The molecule has 0 spiro atoms. The second-order valence-electron chi connectivity index (χ2n) is 5.64. The minimum Gasteiger partial charge on any atom is -0.334 e. The van der Waals surface area contributed by atoms with Gasteiger partial charge in [0.2, 0.25) is 0 Å². The number of rotatable bonds is 3. The van der Waals surface area contributed by atoms with Crippen molar-refractivity contribution in [3.8, 4) is 0 Å². The highest BCUT2D eigenvalue weighted by Gasteiger charge is 2.22. The van der Waals surface area contributed by atoms with Gasteiger partial charge in [-0.3, -0.25) is 4.79 Å². The van der Waals surface area contributed by atoms with Crippen molar-refractivity contribution in [2.24, 2.45) is 0 Å². The average Bonchev–Trinajstić information content (AvgIpc) is 3.25. The molecule has 0 atom stereocenters. The monoisotopic (exact) mass is 324 g/mol. The van der Waals surface area contributed by atoms with Gasteiger partial charge >= 0.3 is 0 Å². The molecule has 3 heterocycles. The van der Waals surface area contributed by atoms with Crippen molar-refractivity contribution >= 4 is 17.2 Å². The Morgan fingerprint density at radius 2 is 2.09 bits per heavy atom. The first kappa shape index (κ1) is 14.1. The molecule has 0 radical (unpaired) electrons. The van der Waals surface area contributed by atoms with Crippen LogP contribution in [0.2, 0.25) is 0 Å². The van der Waals surface area contributed by atoms with Crippen LogP contribution in [-0.2, 0) is 19.5 Å². The van der Waals surface area contributed by atoms with Gasteiger partial charge in [-0.1, -0.05) is 12.1 Å². The highest BCUT2D eigenvalue weighted by molar-refractivity contribution is 7.10. The summed E-state index contributed by atoms with van der Waals surface area (Å²) in [5.74, 6) is 0.106. The van der Waals surface area contributed by atoms with Gasteiger partial charge in [-0.15, -0.1) is 11.3 Å². The summed E-state index contributed by atoms with van der Waals surface area (Å²) in [5.41, 5.74) is 3.13. The van der Waals surface area contributed by atoms with E-state index in [1.165, 1.54) is 16.8 Å². The normalized spacial score (nSPS) is 13.8. The molecule has 23 heavy (non-hydrogen) atoms. The van der Waals surface area contributed by atoms with Crippen LogP contribution in [-0.4, -0.2) is 32.1 Å². The fraction of sp³-hybridized carbons (Fsp3) is 0.235. The number of thiophene rings is 1. The molecule has 1 aliphatic heterocycles. The number of fused-ring (bicyclic) bond motifs is 1. The number of hydrogen-bond acceptors (Lipinski definition) is 4. The first-order chi connectivity index (χ1) is 11.3. The smallest absolute Gasteiger partial charge is 0.254 e. The summed E-state index contributed by atoms with van der Waals surface area (Å²) in [7, 11) is 0. The molecule has 1 aliphatic rings. The quantitative estimate of drug-likeness (QED) is 0.744. The minimum atomic E-state index is 0.106. The topological polar surface area (TPSA) is 51.0 Å². The summed E-state index contributed by atoms with van der Waals surface area (Å²) >= 11 is 1.79. The Kier molecular flexibility index (Phi) is 3.67. The van der Waals surface area contributed by atoms with Crippen molar-refractivity contribution in [3.63, 3.8) is 0 Å². The van der Waals surface area contributed by atoms with Crippen LogP contribution in [0.5, 0.6) is 0 Å². The predicted molar refractivity (Wildman–Crippen MR) is 88.3 cm³/mol. The lowest BCUT2D eigenvalue weighted by molar-refractivity contribution is 0.0736. The van der Waals surface area contributed by atoms with Gasteiger partial charge < -0.3 is 4.90 Å². The Hall–Kier alpha value is -2.47. The summed E-state index contributed by atoms with van der Waals surface area (Å²) in [6, 6.07) is 9.89. The molecule has 0 fully saturated rings. The third-order valence-electron chi connectivity index (χ3n) is 4.11. The molecule has 116 valence electrons. The molecule has 0 N–H and O–H groups in total. The van der Waals surface area contributed by atoms with Crippen LogP contribution in [0.15, 0.2) is 48.4 Å². The zero-order chi connectivity index (χ0) is 15.6. The molecule has 0 saturated carbocycles. The van der Waals surface area contributed by atoms with E-state index in [9.17, 15) is 4.79 Å². The first-order valence-corrected chi connectivity index (χ1v) is 8.43. The molecule has 3 aromatic rings. The van der Waals surface area contributed by atoms with E-state index in [2.05, 4.69) is 21.5 Å². The zero-order valence-electron chi connectivity index (χ0n) is 12.6. The van der Waals surface area contributed by atoms with E-state index in [0.717, 1.165) is 30.6 Å². The number of amides is 1. The van der Waals surface area contributed by atoms with Crippen LogP contribution in [0.3, 0.4) is 0 Å². The standard InChI is InChI=1S/C17H16N4OS/c22-17(20-7-5-16-15(10-20)6-8-23-16)14-3-1-13(2-4-14)9-21-12-18-11-19-21/h1-4,6,8,11-12H,5,7,9-10H2. The lowest BCUT2D eigenvalue weighted by Gasteiger charge is -2.27. The first-order valence-electron chi connectivity index (χ1n) is 7.55. The average molecular weight is 324 g/mol. The van der Waals surface area contributed by atoms with Crippen molar-refractivity contribution in [2.45, 2.75) is 19.5 Å². The molecule has 1 aromatic carbocycles. The Morgan fingerprint density at radius 1 is 1.22 bits per heavy atom. The largest absolute Gasteiger partial charge is 0.334 e. The summed E-state index contributed by atoms with van der Waals surface area (Å²) in [5, 5.41) is 6.20. The second kappa shape index (κ2) is 5.96. The fourth-order valence-electron chi connectivity index (χ4n) is 2.86. The second-order valence-corrected chi connectivity index (χ2v) is 6.64. The van der Waals surface area contributed by atoms with Gasteiger partial charge in [0, 0.05) is 23.5 Å². The molecule has 0 saturated heterocycles. The summed E-state index contributed by atoms with van der Waals surface area (Å²) in [6.45, 7) is 2.18. The van der Waals surface area contributed by atoms with E-state index in [1.54, 1.807) is 22.3 Å². The van der Waals surface area contributed by atoms with E-state index in [1.807, 2.05) is 29.2 Å². The maximum Gasteiger partial charge on any atom is 0.254 e. The number of carbonyl (C=O) groups is 1. The Morgan fingerprint density at radius 3 is 2.87 bits per heavy atom. The molecule has 6 heteroatoms. The molecule has 5 nitrogen and oxygen atoms in total. The van der Waals surface area contributed by atoms with E-state index in [-0.39, 0.29) is 5.91 Å². The Labute approximate surface area is 138 Å². The minimum absolute atomic E-state index is 0.106. The van der Waals surface area contributed by atoms with Crippen molar-refractivity contribution in [3.05, 3.63) is 69.9 Å². The SMILES string of the molecule is O=C(c1ccc(Cn2cncn2)cc1)N1CCc2sccc2C1. The van der Waals surface area contributed by atoms with Crippen LogP contribution < -0.4 is 0 Å². The molecular weight excluding hydrogens is 308 g/mol. The molecule has 2 aromatic heterocycles. The number of hydrogen-bond donors (Lipinski definition) is 0. The van der Waals surface area contributed by atoms with Crippen molar-refractivity contribution in [1.29, 1.82) is 0 Å². The Bertz CT molecular complexity index is 808. The van der Waals surface area contributed by atoms with Gasteiger partial charge in [0.15, 0.2) is 0 Å². The summed E-state index contributed by atoms with van der Waals surface area (Å²) in [4.78, 5) is 19.9. The van der Waals surface area contributed by atoms with Gasteiger partial charge in [-0.2, -0.15) is 5.10 Å². The third kappa shape index (κ3) is 2.90. The van der Waals surface area contributed by atoms with E-state index in [4.69, 9.17) is 0 Å². The van der Waals surface area contributed by atoms with E-state index < -0.39 is 0 Å². The third-order valence-corrected chi connectivity index (χ3v) is 5.13. The molecular formula is C17H16N4OS. The predicted octanol–water partition coefficient (Wildman–Crippen LogP) is 2.59. The molecule has 1 amide bonds. The lowest BCUT2D eigenvalue weighted by Crippen LogP contribution is -2.35. The van der Waals surface area contributed by atoms with Crippen LogP contribution in [0.1, 0.15) is 26.4 Å². The lowest BCUT2D eigenvalue weighted by atomic mass is 10.1. The van der Waals surface area contributed by atoms with Crippen LogP contribution in [0.4, 0.5) is 0 Å². The van der Waals surface area contributed by atoms with Crippen molar-refractivity contribution in [2.75, 3.05) is 6.54 Å².